The molecule has 1 aliphatic carbocycles. The molecule has 6 heteroatoms. The first kappa shape index (κ1) is 16.3. The zero-order chi connectivity index (χ0) is 18.1. The molecule has 5 rings (SSSR count). The third-order valence-electron chi connectivity index (χ3n) is 5.15. The van der Waals surface area contributed by atoms with Crippen molar-refractivity contribution >= 4 is 22.7 Å². The molecule has 1 aliphatic heterocycles. The van der Waals surface area contributed by atoms with Crippen LogP contribution in [-0.4, -0.2) is 40.2 Å². The molecule has 0 amide bonds. The number of aromatic nitrogens is 3. The number of benzene rings is 1. The van der Waals surface area contributed by atoms with E-state index in [1.165, 1.54) is 12.8 Å². The van der Waals surface area contributed by atoms with Crippen molar-refractivity contribution < 1.29 is 4.74 Å². The van der Waals surface area contributed by atoms with Crippen LogP contribution in [0.2, 0.25) is 0 Å². The molecule has 2 fully saturated rings. The molecule has 2 aromatic heterocycles. The van der Waals surface area contributed by atoms with Gasteiger partial charge >= 0.3 is 0 Å². The smallest absolute Gasteiger partial charge is 0.172 e. The van der Waals surface area contributed by atoms with Crippen LogP contribution in [-0.2, 0) is 0 Å². The maximum absolute atomic E-state index is 6.13. The van der Waals surface area contributed by atoms with Crippen molar-refractivity contribution in [2.45, 2.75) is 37.8 Å². The number of nitrogens with zero attached hydrogens (tertiary/aromatic N) is 4. The Hall–Kier alpha value is -2.89. The average molecular weight is 361 g/mol. The van der Waals surface area contributed by atoms with Crippen molar-refractivity contribution in [1.82, 2.24) is 15.0 Å². The van der Waals surface area contributed by atoms with Crippen LogP contribution in [0.15, 0.2) is 48.8 Å². The topological polar surface area (TPSA) is 63.2 Å². The van der Waals surface area contributed by atoms with Gasteiger partial charge in [-0.15, -0.1) is 0 Å². The summed E-state index contributed by atoms with van der Waals surface area (Å²) < 4.78 is 6.13. The second-order valence-electron chi connectivity index (χ2n) is 7.30. The van der Waals surface area contributed by atoms with E-state index in [0.717, 1.165) is 54.3 Å². The molecule has 2 aliphatic rings. The van der Waals surface area contributed by atoms with Crippen molar-refractivity contribution in [2.24, 2.45) is 0 Å². The molecule has 6 nitrogen and oxygen atoms in total. The Labute approximate surface area is 158 Å². The largest absolute Gasteiger partial charge is 0.490 e. The molecule has 0 atom stereocenters. The van der Waals surface area contributed by atoms with Crippen LogP contribution in [0.4, 0.5) is 11.6 Å². The predicted octanol–water partition coefficient (Wildman–Crippen LogP) is 3.65. The second kappa shape index (κ2) is 7.02. The number of hydrogen-bond acceptors (Lipinski definition) is 6. The quantitative estimate of drug-likeness (QED) is 0.748. The lowest BCUT2D eigenvalue weighted by Gasteiger charge is -2.33. The van der Waals surface area contributed by atoms with Gasteiger partial charge in [-0.05, 0) is 31.0 Å². The maximum Gasteiger partial charge on any atom is 0.172 e. The van der Waals surface area contributed by atoms with E-state index in [4.69, 9.17) is 14.7 Å². The molecular formula is C21H23N5O. The average Bonchev–Trinajstić information content (AvgIpc) is 3.53. The zero-order valence-corrected chi connectivity index (χ0v) is 15.2. The summed E-state index contributed by atoms with van der Waals surface area (Å²) in [5.41, 5.74) is 1.73. The molecule has 3 heterocycles. The lowest BCUT2D eigenvalue weighted by Crippen LogP contribution is -2.39. The molecule has 0 radical (unpaired) electrons. The minimum Gasteiger partial charge on any atom is -0.490 e. The molecule has 1 saturated heterocycles. The second-order valence-corrected chi connectivity index (χ2v) is 7.30. The highest BCUT2D eigenvalue weighted by atomic mass is 16.5. The fourth-order valence-corrected chi connectivity index (χ4v) is 3.51. The van der Waals surface area contributed by atoms with Crippen molar-refractivity contribution in [3.63, 3.8) is 0 Å². The van der Waals surface area contributed by atoms with Crippen LogP contribution in [0.25, 0.3) is 11.0 Å². The van der Waals surface area contributed by atoms with Gasteiger partial charge in [-0.3, -0.25) is 4.98 Å². The first-order chi connectivity index (χ1) is 13.3. The van der Waals surface area contributed by atoms with E-state index in [0.29, 0.717) is 6.04 Å². The highest BCUT2D eigenvalue weighted by molar-refractivity contribution is 5.80. The van der Waals surface area contributed by atoms with Crippen LogP contribution in [0, 0.1) is 0 Å². The molecule has 0 bridgehead atoms. The number of nitrogens with one attached hydrogen (secondary N) is 1. The van der Waals surface area contributed by atoms with Gasteiger partial charge in [0, 0.05) is 38.2 Å². The van der Waals surface area contributed by atoms with Gasteiger partial charge in [0.2, 0.25) is 0 Å². The van der Waals surface area contributed by atoms with Gasteiger partial charge < -0.3 is 15.0 Å². The minimum atomic E-state index is 0.249. The van der Waals surface area contributed by atoms with Gasteiger partial charge in [-0.2, -0.15) is 0 Å². The molecule has 0 spiro atoms. The summed E-state index contributed by atoms with van der Waals surface area (Å²) in [6.07, 6.45) is 8.18. The highest BCUT2D eigenvalue weighted by Gasteiger charge is 2.27. The van der Waals surface area contributed by atoms with Crippen LogP contribution >= 0.6 is 0 Å². The van der Waals surface area contributed by atoms with Gasteiger partial charge in [0.05, 0.1) is 11.7 Å². The van der Waals surface area contributed by atoms with Crippen LogP contribution in [0.3, 0.4) is 0 Å². The number of anilines is 2. The number of pyridine rings is 1. The van der Waals surface area contributed by atoms with E-state index in [9.17, 15) is 0 Å². The number of para-hydroxylation sites is 1. The third-order valence-corrected chi connectivity index (χ3v) is 5.15. The molecule has 138 valence electrons. The Bertz CT molecular complexity index is 920. The molecular weight excluding hydrogens is 338 g/mol. The number of piperidine rings is 1. The summed E-state index contributed by atoms with van der Waals surface area (Å²) in [5, 5.41) is 3.56. The van der Waals surface area contributed by atoms with Crippen molar-refractivity contribution in [3.8, 4) is 5.75 Å². The van der Waals surface area contributed by atoms with E-state index < -0.39 is 0 Å². The van der Waals surface area contributed by atoms with E-state index >= 15 is 0 Å². The van der Waals surface area contributed by atoms with Gasteiger partial charge in [0.1, 0.15) is 17.4 Å². The van der Waals surface area contributed by atoms with Crippen molar-refractivity contribution in [2.75, 3.05) is 23.3 Å². The number of hydrogen-bond donors (Lipinski definition) is 1. The molecule has 27 heavy (non-hydrogen) atoms. The first-order valence-electron chi connectivity index (χ1n) is 9.70. The van der Waals surface area contributed by atoms with Crippen molar-refractivity contribution in [3.05, 3.63) is 48.8 Å². The maximum atomic E-state index is 6.13. The Kier molecular flexibility index (Phi) is 4.24. The Balaban J connectivity index is 1.34. The van der Waals surface area contributed by atoms with Gasteiger partial charge in [-0.1, -0.05) is 18.2 Å². The summed E-state index contributed by atoms with van der Waals surface area (Å²) in [4.78, 5) is 16.2. The van der Waals surface area contributed by atoms with E-state index in [-0.39, 0.29) is 6.10 Å². The number of ether oxygens (including phenoxy) is 1. The fourth-order valence-electron chi connectivity index (χ4n) is 3.51. The van der Waals surface area contributed by atoms with E-state index in [1.807, 2.05) is 36.4 Å². The predicted molar refractivity (Wildman–Crippen MR) is 106 cm³/mol. The van der Waals surface area contributed by atoms with Crippen LogP contribution < -0.4 is 15.0 Å². The highest BCUT2D eigenvalue weighted by Crippen LogP contribution is 2.32. The van der Waals surface area contributed by atoms with E-state index in [1.54, 1.807) is 12.4 Å². The van der Waals surface area contributed by atoms with Crippen molar-refractivity contribution in [1.29, 1.82) is 0 Å². The number of rotatable bonds is 5. The summed E-state index contributed by atoms with van der Waals surface area (Å²) in [5.74, 6) is 2.79. The summed E-state index contributed by atoms with van der Waals surface area (Å²) >= 11 is 0. The number of fused-ring (bicyclic) bond motifs is 1. The summed E-state index contributed by atoms with van der Waals surface area (Å²) in [6, 6.07) is 12.5. The standard InChI is InChI=1S/C21H23N5O/c1-2-4-16(5-3-1)27-17-9-12-26(13-10-17)21-20(23-15-6-7-15)24-18-8-11-22-14-19(18)25-21/h1-5,8,11,14-15,17H,6-7,9-10,12-13H2,(H,23,24). The molecule has 1 aromatic carbocycles. The van der Waals surface area contributed by atoms with Gasteiger partial charge in [0.15, 0.2) is 11.6 Å². The fraction of sp³-hybridized carbons (Fsp3) is 0.381. The summed E-state index contributed by atoms with van der Waals surface area (Å²) in [6.45, 7) is 1.83. The SMILES string of the molecule is c1ccc(OC2CCN(c3nc4cnccc4nc3NC3CC3)CC2)cc1. The van der Waals surface area contributed by atoms with E-state index in [2.05, 4.69) is 15.2 Å². The first-order valence-corrected chi connectivity index (χ1v) is 9.70. The lowest BCUT2D eigenvalue weighted by atomic mass is 10.1. The molecule has 0 unspecified atom stereocenters. The van der Waals surface area contributed by atoms with Gasteiger partial charge in [-0.25, -0.2) is 9.97 Å². The summed E-state index contributed by atoms with van der Waals surface area (Å²) in [7, 11) is 0. The monoisotopic (exact) mass is 361 g/mol. The molecule has 3 aromatic rings. The lowest BCUT2D eigenvalue weighted by molar-refractivity contribution is 0.171. The minimum absolute atomic E-state index is 0.249. The Morgan fingerprint density at radius 1 is 0.926 bits per heavy atom. The van der Waals surface area contributed by atoms with Crippen LogP contribution in [0.1, 0.15) is 25.7 Å². The third kappa shape index (κ3) is 3.65. The molecule has 1 saturated carbocycles. The molecule has 1 N–H and O–H groups in total. The normalized spacial score (nSPS) is 17.9. The Morgan fingerprint density at radius 3 is 2.52 bits per heavy atom. The van der Waals surface area contributed by atoms with Gasteiger partial charge in [0.25, 0.3) is 0 Å². The Morgan fingerprint density at radius 2 is 1.74 bits per heavy atom. The van der Waals surface area contributed by atoms with Crippen LogP contribution in [0.5, 0.6) is 5.75 Å². The zero-order valence-electron chi connectivity index (χ0n) is 15.2.